The molecule has 1 amide bonds. The van der Waals surface area contributed by atoms with Crippen LogP contribution in [0.5, 0.6) is 0 Å². The van der Waals surface area contributed by atoms with Gasteiger partial charge in [-0.05, 0) is 20.8 Å². The second kappa shape index (κ2) is 6.08. The number of hydrogen-bond acceptors (Lipinski definition) is 5. The maximum atomic E-state index is 12.2. The molecule has 0 aliphatic carbocycles. The number of thioether (sulfide) groups is 1. The fourth-order valence-corrected chi connectivity index (χ4v) is 2.43. The van der Waals surface area contributed by atoms with Crippen molar-refractivity contribution in [2.24, 2.45) is 7.05 Å². The molecule has 7 nitrogen and oxygen atoms in total. The Hall–Kier alpha value is -1.83. The van der Waals surface area contributed by atoms with E-state index >= 15 is 0 Å². The van der Waals surface area contributed by atoms with Crippen LogP contribution < -0.4 is 5.32 Å². The number of hydrogen-bond donors (Lipinski definition) is 1. The van der Waals surface area contributed by atoms with Gasteiger partial charge in [-0.25, -0.2) is 4.68 Å². The summed E-state index contributed by atoms with van der Waals surface area (Å²) in [5.74, 6) is 0.621. The number of nitrogens with one attached hydrogen (secondary N) is 1. The molecule has 0 spiro atoms. The third kappa shape index (κ3) is 3.19. The van der Waals surface area contributed by atoms with Gasteiger partial charge in [0.1, 0.15) is 12.1 Å². The molecule has 0 aromatic carbocycles. The van der Waals surface area contributed by atoms with E-state index in [9.17, 15) is 4.79 Å². The molecule has 2 aromatic heterocycles. The van der Waals surface area contributed by atoms with Crippen LogP contribution in [0.25, 0.3) is 0 Å². The van der Waals surface area contributed by atoms with Gasteiger partial charge in [-0.2, -0.15) is 5.10 Å². The lowest BCUT2D eigenvalue weighted by Crippen LogP contribution is -2.24. The fourth-order valence-electron chi connectivity index (χ4n) is 1.64. The highest BCUT2D eigenvalue weighted by Gasteiger charge is 2.19. The third-order valence-corrected chi connectivity index (χ3v) is 3.88. The van der Waals surface area contributed by atoms with Crippen LogP contribution in [0, 0.1) is 0 Å². The van der Waals surface area contributed by atoms with Crippen LogP contribution >= 0.6 is 11.8 Å². The van der Waals surface area contributed by atoms with Crippen LogP contribution in [0.4, 0.5) is 5.82 Å². The summed E-state index contributed by atoms with van der Waals surface area (Å²) < 4.78 is 3.56. The van der Waals surface area contributed by atoms with E-state index in [1.165, 1.54) is 11.8 Å². The Morgan fingerprint density at radius 3 is 2.75 bits per heavy atom. The molecule has 0 saturated heterocycles. The van der Waals surface area contributed by atoms with Crippen LogP contribution in [0.2, 0.25) is 0 Å². The monoisotopic (exact) mass is 294 g/mol. The maximum Gasteiger partial charge on any atom is 0.238 e. The highest BCUT2D eigenvalue weighted by molar-refractivity contribution is 8.00. The topological polar surface area (TPSA) is 77.6 Å². The molecule has 0 aliphatic heterocycles. The minimum atomic E-state index is -0.270. The van der Waals surface area contributed by atoms with Gasteiger partial charge in [0.25, 0.3) is 0 Å². The Morgan fingerprint density at radius 2 is 2.15 bits per heavy atom. The van der Waals surface area contributed by atoms with Crippen molar-refractivity contribution in [1.29, 1.82) is 0 Å². The van der Waals surface area contributed by atoms with Crippen molar-refractivity contribution >= 4 is 23.5 Å². The lowest BCUT2D eigenvalue weighted by Gasteiger charge is -2.14. The van der Waals surface area contributed by atoms with Gasteiger partial charge in [0, 0.05) is 19.2 Å². The summed E-state index contributed by atoms with van der Waals surface area (Å²) >= 11 is 1.37. The molecular weight excluding hydrogens is 276 g/mol. The van der Waals surface area contributed by atoms with Crippen molar-refractivity contribution in [3.63, 3.8) is 0 Å². The number of anilines is 1. The standard InChI is InChI=1S/C12H18N6OS/c1-8(2)18-10(5-6-14-18)15-11(19)9(3)20-12-16-13-7-17(12)4/h5-9H,1-4H3,(H,15,19). The predicted octanol–water partition coefficient (Wildman–Crippen LogP) is 1.71. The second-order valence-corrected chi connectivity index (χ2v) is 6.04. The van der Waals surface area contributed by atoms with Crippen molar-refractivity contribution in [3.8, 4) is 0 Å². The molecule has 8 heteroatoms. The predicted molar refractivity (Wildman–Crippen MR) is 77.6 cm³/mol. The Labute approximate surface area is 121 Å². The van der Waals surface area contributed by atoms with E-state index < -0.39 is 0 Å². The normalized spacial score (nSPS) is 12.7. The van der Waals surface area contributed by atoms with Gasteiger partial charge in [-0.1, -0.05) is 11.8 Å². The fraction of sp³-hybridized carbons (Fsp3) is 0.500. The first-order valence-corrected chi connectivity index (χ1v) is 7.22. The van der Waals surface area contributed by atoms with Crippen molar-refractivity contribution < 1.29 is 4.79 Å². The first-order valence-electron chi connectivity index (χ1n) is 6.34. The number of aryl methyl sites for hydroxylation is 1. The maximum absolute atomic E-state index is 12.2. The Kier molecular flexibility index (Phi) is 4.43. The Bertz CT molecular complexity index is 590. The summed E-state index contributed by atoms with van der Waals surface area (Å²) in [6.07, 6.45) is 3.29. The van der Waals surface area contributed by atoms with Gasteiger partial charge in [0.05, 0.1) is 11.4 Å². The second-order valence-electron chi connectivity index (χ2n) is 4.73. The Morgan fingerprint density at radius 1 is 1.40 bits per heavy atom. The molecule has 1 unspecified atom stereocenters. The zero-order valence-electron chi connectivity index (χ0n) is 11.9. The lowest BCUT2D eigenvalue weighted by atomic mass is 10.4. The summed E-state index contributed by atoms with van der Waals surface area (Å²) in [5.41, 5.74) is 0. The van der Waals surface area contributed by atoms with Crippen LogP contribution in [-0.2, 0) is 11.8 Å². The van der Waals surface area contributed by atoms with E-state index in [2.05, 4.69) is 20.6 Å². The molecule has 108 valence electrons. The molecule has 0 radical (unpaired) electrons. The first-order chi connectivity index (χ1) is 9.49. The van der Waals surface area contributed by atoms with Crippen LogP contribution in [-0.4, -0.2) is 35.7 Å². The van der Waals surface area contributed by atoms with E-state index in [4.69, 9.17) is 0 Å². The summed E-state index contributed by atoms with van der Waals surface area (Å²) in [5, 5.41) is 15.3. The molecule has 0 bridgehead atoms. The van der Waals surface area contributed by atoms with E-state index in [0.717, 1.165) is 0 Å². The summed E-state index contributed by atoms with van der Waals surface area (Å²) in [6.45, 7) is 5.87. The third-order valence-electron chi connectivity index (χ3n) is 2.73. The number of amides is 1. The quantitative estimate of drug-likeness (QED) is 0.849. The van der Waals surface area contributed by atoms with Crippen molar-refractivity contribution in [2.75, 3.05) is 5.32 Å². The molecule has 0 aliphatic rings. The summed E-state index contributed by atoms with van der Waals surface area (Å²) in [6, 6.07) is 1.99. The van der Waals surface area contributed by atoms with E-state index in [1.807, 2.05) is 27.8 Å². The van der Waals surface area contributed by atoms with Gasteiger partial charge < -0.3 is 9.88 Å². The molecule has 1 N–H and O–H groups in total. The number of rotatable bonds is 5. The number of carbonyl (C=O) groups is 1. The molecule has 2 aromatic rings. The van der Waals surface area contributed by atoms with Gasteiger partial charge >= 0.3 is 0 Å². The lowest BCUT2D eigenvalue weighted by molar-refractivity contribution is -0.115. The van der Waals surface area contributed by atoms with Gasteiger partial charge in [0.15, 0.2) is 5.16 Å². The zero-order valence-corrected chi connectivity index (χ0v) is 12.8. The van der Waals surface area contributed by atoms with Crippen LogP contribution in [0.15, 0.2) is 23.7 Å². The average Bonchev–Trinajstić information content (AvgIpc) is 2.99. The molecule has 0 saturated carbocycles. The number of carbonyl (C=O) groups excluding carboxylic acids is 1. The average molecular weight is 294 g/mol. The Balaban J connectivity index is 2.01. The molecule has 20 heavy (non-hydrogen) atoms. The minimum Gasteiger partial charge on any atom is -0.312 e. The van der Waals surface area contributed by atoms with Gasteiger partial charge in [-0.3, -0.25) is 4.79 Å². The van der Waals surface area contributed by atoms with E-state index in [1.54, 1.807) is 27.8 Å². The highest BCUT2D eigenvalue weighted by Crippen LogP contribution is 2.22. The molecule has 1 atom stereocenters. The van der Waals surface area contributed by atoms with E-state index in [0.29, 0.717) is 11.0 Å². The van der Waals surface area contributed by atoms with E-state index in [-0.39, 0.29) is 17.2 Å². The molecule has 2 heterocycles. The molecular formula is C12H18N6OS. The van der Waals surface area contributed by atoms with Crippen LogP contribution in [0.1, 0.15) is 26.8 Å². The SMILES string of the molecule is CC(Sc1nncn1C)C(=O)Nc1ccnn1C(C)C. The van der Waals surface area contributed by atoms with Gasteiger partial charge in [-0.15, -0.1) is 10.2 Å². The zero-order chi connectivity index (χ0) is 14.7. The van der Waals surface area contributed by atoms with Crippen LogP contribution in [0.3, 0.4) is 0 Å². The largest absolute Gasteiger partial charge is 0.312 e. The smallest absolute Gasteiger partial charge is 0.238 e. The van der Waals surface area contributed by atoms with Crippen molar-refractivity contribution in [2.45, 2.75) is 37.2 Å². The van der Waals surface area contributed by atoms with Gasteiger partial charge in [0.2, 0.25) is 5.91 Å². The van der Waals surface area contributed by atoms with Crippen molar-refractivity contribution in [1.82, 2.24) is 24.5 Å². The number of aromatic nitrogens is 5. The number of nitrogens with zero attached hydrogens (tertiary/aromatic N) is 5. The minimum absolute atomic E-state index is 0.0830. The summed E-state index contributed by atoms with van der Waals surface area (Å²) in [4.78, 5) is 12.2. The summed E-state index contributed by atoms with van der Waals surface area (Å²) in [7, 11) is 1.85. The van der Waals surface area contributed by atoms with Crippen molar-refractivity contribution in [3.05, 3.63) is 18.6 Å². The molecule has 0 fully saturated rings. The highest BCUT2D eigenvalue weighted by atomic mass is 32.2. The first kappa shape index (κ1) is 14.6. The molecule has 2 rings (SSSR count).